The van der Waals surface area contributed by atoms with Gasteiger partial charge in [0.05, 0.1) is 42.7 Å². The highest BCUT2D eigenvalue weighted by Gasteiger charge is 2.42. The van der Waals surface area contributed by atoms with E-state index in [1.807, 2.05) is 0 Å². The fourth-order valence-corrected chi connectivity index (χ4v) is 5.87. The Hall–Kier alpha value is -0.200. The zero-order valence-corrected chi connectivity index (χ0v) is 20.6. The zero-order valence-electron chi connectivity index (χ0n) is 20.6. The van der Waals surface area contributed by atoms with Crippen molar-refractivity contribution in [3.63, 3.8) is 0 Å². The molecule has 3 fully saturated rings. The molecule has 188 valence electrons. The van der Waals surface area contributed by atoms with Crippen molar-refractivity contribution in [3.05, 3.63) is 0 Å². The zero-order chi connectivity index (χ0) is 22.6. The number of rotatable bonds is 16. The fourth-order valence-electron chi connectivity index (χ4n) is 5.87. The summed E-state index contributed by atoms with van der Waals surface area (Å²) < 4.78 is 18.7. The van der Waals surface area contributed by atoms with Gasteiger partial charge in [-0.05, 0) is 51.4 Å². The average molecular weight is 455 g/mol. The van der Waals surface area contributed by atoms with Crippen LogP contribution in [0.15, 0.2) is 0 Å². The predicted molar refractivity (Wildman–Crippen MR) is 128 cm³/mol. The quantitative estimate of drug-likeness (QED) is 0.294. The van der Waals surface area contributed by atoms with Gasteiger partial charge in [-0.25, -0.2) is 0 Å². The Balaban J connectivity index is 1.22. The van der Waals surface area contributed by atoms with Crippen LogP contribution in [0.4, 0.5) is 0 Å². The van der Waals surface area contributed by atoms with E-state index in [0.29, 0.717) is 0 Å². The maximum absolute atomic E-state index is 10.6. The third-order valence-corrected chi connectivity index (χ3v) is 7.87. The highest BCUT2D eigenvalue weighted by molar-refractivity contribution is 4.91. The lowest BCUT2D eigenvalue weighted by atomic mass is 10.0. The summed E-state index contributed by atoms with van der Waals surface area (Å²) in [6, 6.07) is 0. The van der Waals surface area contributed by atoms with E-state index in [-0.39, 0.29) is 49.3 Å². The van der Waals surface area contributed by atoms with E-state index in [9.17, 15) is 5.11 Å². The summed E-state index contributed by atoms with van der Waals surface area (Å²) in [5.74, 6) is 0. The van der Waals surface area contributed by atoms with Crippen molar-refractivity contribution in [3.8, 4) is 0 Å². The first-order valence-electron chi connectivity index (χ1n) is 14.0. The monoisotopic (exact) mass is 454 g/mol. The lowest BCUT2D eigenvalue weighted by Crippen LogP contribution is -2.33. The minimum atomic E-state index is -0.330. The molecule has 0 aromatic carbocycles. The van der Waals surface area contributed by atoms with E-state index in [4.69, 9.17) is 19.3 Å². The predicted octanol–water partition coefficient (Wildman–Crippen LogP) is 5.68. The lowest BCUT2D eigenvalue weighted by molar-refractivity contribution is -0.117. The van der Waals surface area contributed by atoms with E-state index >= 15 is 0 Å². The Kier molecular flexibility index (Phi) is 12.3. The minimum absolute atomic E-state index is 0.0159. The molecule has 7 atom stereocenters. The first-order valence-corrected chi connectivity index (χ1v) is 14.0. The molecule has 5 heteroatoms. The number of hydrogen-bond acceptors (Lipinski definition) is 5. The molecule has 32 heavy (non-hydrogen) atoms. The first-order chi connectivity index (χ1) is 15.7. The Morgan fingerprint density at radius 2 is 1.19 bits per heavy atom. The summed E-state index contributed by atoms with van der Waals surface area (Å²) in [5, 5.41) is 19.8. The summed E-state index contributed by atoms with van der Waals surface area (Å²) in [4.78, 5) is 0. The van der Waals surface area contributed by atoms with Gasteiger partial charge in [0.15, 0.2) is 0 Å². The van der Waals surface area contributed by atoms with Gasteiger partial charge in [-0.2, -0.15) is 0 Å². The second kappa shape index (κ2) is 14.9. The molecule has 0 radical (unpaired) electrons. The Labute approximate surface area is 196 Å². The molecule has 0 spiro atoms. The SMILES string of the molecule is CCCCCCCCCCCC[C@@H](O)[C@H]1CC[C@H]([C@H]2CC[C@H]([C@H]3CC[C@H](CCO)O3)O2)O1. The second-order valence-corrected chi connectivity index (χ2v) is 10.5. The molecule has 3 heterocycles. The third-order valence-electron chi connectivity index (χ3n) is 7.87. The molecule has 0 aromatic rings. The van der Waals surface area contributed by atoms with Crippen molar-refractivity contribution in [2.24, 2.45) is 0 Å². The number of ether oxygens (including phenoxy) is 3. The van der Waals surface area contributed by atoms with Gasteiger partial charge >= 0.3 is 0 Å². The van der Waals surface area contributed by atoms with E-state index in [1.165, 1.54) is 57.8 Å². The molecular formula is C27H50O5. The van der Waals surface area contributed by atoms with Crippen molar-refractivity contribution < 1.29 is 24.4 Å². The summed E-state index contributed by atoms with van der Waals surface area (Å²) in [7, 11) is 0. The van der Waals surface area contributed by atoms with Crippen LogP contribution in [0.1, 0.15) is 122 Å². The van der Waals surface area contributed by atoms with Crippen molar-refractivity contribution in [1.29, 1.82) is 0 Å². The molecule has 3 saturated heterocycles. The number of aliphatic hydroxyl groups excluding tert-OH is 2. The largest absolute Gasteiger partial charge is 0.396 e. The summed E-state index contributed by atoms with van der Waals surface area (Å²) >= 11 is 0. The molecule has 0 unspecified atom stereocenters. The van der Waals surface area contributed by atoms with Gasteiger partial charge in [0, 0.05) is 6.61 Å². The molecule has 0 aliphatic carbocycles. The first kappa shape index (κ1) is 26.4. The summed E-state index contributed by atoms with van der Waals surface area (Å²) in [5.41, 5.74) is 0. The van der Waals surface area contributed by atoms with E-state index in [0.717, 1.165) is 57.8 Å². The highest BCUT2D eigenvalue weighted by atomic mass is 16.6. The molecule has 0 aromatic heterocycles. The van der Waals surface area contributed by atoms with Gasteiger partial charge in [-0.1, -0.05) is 71.1 Å². The van der Waals surface area contributed by atoms with Gasteiger partial charge in [-0.15, -0.1) is 0 Å². The van der Waals surface area contributed by atoms with Crippen LogP contribution in [-0.2, 0) is 14.2 Å². The third kappa shape index (κ3) is 8.54. The summed E-state index contributed by atoms with van der Waals surface area (Å²) in [6.45, 7) is 2.47. The Morgan fingerprint density at radius 1 is 0.656 bits per heavy atom. The van der Waals surface area contributed by atoms with Crippen LogP contribution in [0, 0.1) is 0 Å². The maximum atomic E-state index is 10.6. The van der Waals surface area contributed by atoms with E-state index < -0.39 is 0 Å². The lowest BCUT2D eigenvalue weighted by Gasteiger charge is -2.24. The Bertz CT molecular complexity index is 487. The molecule has 3 aliphatic heterocycles. The van der Waals surface area contributed by atoms with Gasteiger partial charge < -0.3 is 24.4 Å². The molecule has 5 nitrogen and oxygen atoms in total. The van der Waals surface area contributed by atoms with Crippen molar-refractivity contribution >= 4 is 0 Å². The average Bonchev–Trinajstić information content (AvgIpc) is 3.55. The fraction of sp³-hybridized carbons (Fsp3) is 1.00. The van der Waals surface area contributed by atoms with Crippen LogP contribution in [0.2, 0.25) is 0 Å². The standard InChI is InChI=1S/C27H50O5/c1-2-3-4-5-6-7-8-9-10-11-12-22(29)23-15-16-26(31-23)27-18-17-25(32-27)24-14-13-21(30-24)19-20-28/h21-29H,2-20H2,1H3/t21-,22-,23-,24-,25-,26-,27-/m1/s1. The number of unbranched alkanes of at least 4 members (excludes halogenated alkanes) is 9. The van der Waals surface area contributed by atoms with Crippen LogP contribution >= 0.6 is 0 Å². The van der Waals surface area contributed by atoms with Gasteiger partial charge in [-0.3, -0.25) is 0 Å². The number of hydrogen-bond donors (Lipinski definition) is 2. The topological polar surface area (TPSA) is 68.2 Å². The number of aliphatic hydroxyl groups is 2. The molecule has 0 amide bonds. The minimum Gasteiger partial charge on any atom is -0.396 e. The van der Waals surface area contributed by atoms with Gasteiger partial charge in [0.2, 0.25) is 0 Å². The molecule has 3 aliphatic rings. The van der Waals surface area contributed by atoms with E-state index in [2.05, 4.69) is 6.92 Å². The summed E-state index contributed by atoms with van der Waals surface area (Å²) in [6.07, 6.45) is 21.4. The molecule has 2 N–H and O–H groups in total. The van der Waals surface area contributed by atoms with Crippen molar-refractivity contribution in [2.75, 3.05) is 6.61 Å². The Morgan fingerprint density at radius 3 is 1.84 bits per heavy atom. The molecular weight excluding hydrogens is 404 g/mol. The van der Waals surface area contributed by atoms with Crippen LogP contribution in [0.5, 0.6) is 0 Å². The van der Waals surface area contributed by atoms with Gasteiger partial charge in [0.25, 0.3) is 0 Å². The van der Waals surface area contributed by atoms with Crippen molar-refractivity contribution in [1.82, 2.24) is 0 Å². The van der Waals surface area contributed by atoms with Gasteiger partial charge in [0.1, 0.15) is 0 Å². The second-order valence-electron chi connectivity index (χ2n) is 10.5. The van der Waals surface area contributed by atoms with Crippen LogP contribution < -0.4 is 0 Å². The normalized spacial score (nSPS) is 33.8. The van der Waals surface area contributed by atoms with Crippen molar-refractivity contribution in [2.45, 2.75) is 165 Å². The molecule has 0 saturated carbocycles. The highest BCUT2D eigenvalue weighted by Crippen LogP contribution is 2.37. The smallest absolute Gasteiger partial charge is 0.0842 e. The van der Waals surface area contributed by atoms with Crippen LogP contribution in [-0.4, -0.2) is 59.5 Å². The van der Waals surface area contributed by atoms with Crippen LogP contribution in [0.3, 0.4) is 0 Å². The van der Waals surface area contributed by atoms with Crippen LogP contribution in [0.25, 0.3) is 0 Å². The maximum Gasteiger partial charge on any atom is 0.0842 e. The van der Waals surface area contributed by atoms with E-state index in [1.54, 1.807) is 0 Å². The molecule has 3 rings (SSSR count). The molecule has 0 bridgehead atoms.